The van der Waals surface area contributed by atoms with E-state index in [1.807, 2.05) is 0 Å². The molecular formula is C66H47N. The predicted octanol–water partition coefficient (Wildman–Crippen LogP) is 17.8. The molecule has 0 amide bonds. The molecule has 10 aromatic rings. The van der Waals surface area contributed by atoms with Gasteiger partial charge in [0.25, 0.3) is 0 Å². The number of rotatable bonds is 7. The zero-order valence-electron chi connectivity index (χ0n) is 37.7. The topological polar surface area (TPSA) is 3.24 Å². The molecule has 67 heavy (non-hydrogen) atoms. The van der Waals surface area contributed by atoms with E-state index in [9.17, 15) is 0 Å². The van der Waals surface area contributed by atoms with Gasteiger partial charge in [0.15, 0.2) is 0 Å². The van der Waals surface area contributed by atoms with E-state index in [1.54, 1.807) is 0 Å². The molecule has 0 unspecified atom stereocenters. The summed E-state index contributed by atoms with van der Waals surface area (Å²) in [4.78, 5) is 2.46. The van der Waals surface area contributed by atoms with E-state index in [1.165, 1.54) is 111 Å². The van der Waals surface area contributed by atoms with Crippen LogP contribution in [0.5, 0.6) is 0 Å². The van der Waals surface area contributed by atoms with Gasteiger partial charge in [0.2, 0.25) is 0 Å². The molecular weight excluding hydrogens is 807 g/mol. The summed E-state index contributed by atoms with van der Waals surface area (Å²) in [6.07, 6.45) is 3.31. The Morgan fingerprint density at radius 2 is 0.955 bits per heavy atom. The lowest BCUT2D eigenvalue weighted by Gasteiger charge is -2.30. The Balaban J connectivity index is 0.933. The normalized spacial score (nSPS) is 13.9. The highest BCUT2D eigenvalue weighted by Gasteiger charge is 2.36. The summed E-state index contributed by atoms with van der Waals surface area (Å²) in [5.74, 6) is 0. The summed E-state index contributed by atoms with van der Waals surface area (Å²) in [7, 11) is 0. The molecule has 0 atom stereocenters. The molecule has 10 aromatic carbocycles. The number of para-hydroxylation sites is 1. The second kappa shape index (κ2) is 15.4. The molecule has 0 heterocycles. The van der Waals surface area contributed by atoms with Crippen molar-refractivity contribution >= 4 is 50.6 Å². The Labute approximate surface area is 393 Å². The molecule has 1 nitrogen and oxygen atoms in total. The van der Waals surface area contributed by atoms with Crippen LogP contribution in [0.2, 0.25) is 0 Å². The fourth-order valence-corrected chi connectivity index (χ4v) is 11.4. The first-order chi connectivity index (χ1) is 33.0. The molecule has 0 aliphatic heterocycles. The maximum Gasteiger partial charge on any atom is 0.0540 e. The molecule has 0 bridgehead atoms. The lowest BCUT2D eigenvalue weighted by atomic mass is 9.82. The van der Waals surface area contributed by atoms with E-state index in [4.69, 9.17) is 0 Å². The number of anilines is 3. The molecule has 0 spiro atoms. The smallest absolute Gasteiger partial charge is 0.0540 e. The van der Waals surface area contributed by atoms with Gasteiger partial charge in [-0.3, -0.25) is 0 Å². The van der Waals surface area contributed by atoms with E-state index >= 15 is 0 Å². The average molecular weight is 854 g/mol. The van der Waals surface area contributed by atoms with Crippen LogP contribution in [-0.2, 0) is 5.41 Å². The van der Waals surface area contributed by atoms with E-state index < -0.39 is 0 Å². The third-order valence-corrected chi connectivity index (χ3v) is 14.7. The van der Waals surface area contributed by atoms with Crippen LogP contribution in [-0.4, -0.2) is 0 Å². The fourth-order valence-electron chi connectivity index (χ4n) is 11.4. The molecule has 13 rings (SSSR count). The van der Waals surface area contributed by atoms with Gasteiger partial charge in [-0.2, -0.15) is 0 Å². The van der Waals surface area contributed by atoms with E-state index in [0.717, 1.165) is 23.5 Å². The van der Waals surface area contributed by atoms with Crippen molar-refractivity contribution in [3.05, 3.63) is 269 Å². The zero-order chi connectivity index (χ0) is 44.6. The van der Waals surface area contributed by atoms with Gasteiger partial charge in [-0.15, -0.1) is 0 Å². The van der Waals surface area contributed by atoms with Crippen molar-refractivity contribution in [2.45, 2.75) is 25.7 Å². The van der Waals surface area contributed by atoms with Crippen LogP contribution >= 0.6 is 0 Å². The summed E-state index contributed by atoms with van der Waals surface area (Å²) >= 11 is 0. The van der Waals surface area contributed by atoms with Crippen molar-refractivity contribution in [2.75, 3.05) is 4.90 Å². The van der Waals surface area contributed by atoms with E-state index in [2.05, 4.69) is 255 Å². The SMILES string of the molecule is CC1(C)c2ccccc2-c2ccc(N(c3cccc(-c4cccc(-c5ccc6c(c5)C5=C(CC(c7ccccc7)=C6)c6cccc7cccc5c67)c4)c3)c3ccccc3-c3ccccc3)cc21. The van der Waals surface area contributed by atoms with Gasteiger partial charge in [-0.25, -0.2) is 0 Å². The number of fused-ring (bicyclic) bond motifs is 7. The first-order valence-electron chi connectivity index (χ1n) is 23.5. The largest absolute Gasteiger partial charge is 0.310 e. The van der Waals surface area contributed by atoms with Gasteiger partial charge >= 0.3 is 0 Å². The van der Waals surface area contributed by atoms with E-state index in [-0.39, 0.29) is 5.41 Å². The van der Waals surface area contributed by atoms with Crippen molar-refractivity contribution in [2.24, 2.45) is 0 Å². The van der Waals surface area contributed by atoms with Crippen LogP contribution in [0, 0.1) is 0 Å². The maximum absolute atomic E-state index is 2.46. The Kier molecular flexibility index (Phi) is 9.02. The van der Waals surface area contributed by atoms with Crippen molar-refractivity contribution in [1.82, 2.24) is 0 Å². The first-order valence-corrected chi connectivity index (χ1v) is 23.5. The van der Waals surface area contributed by atoms with Gasteiger partial charge in [-0.05, 0) is 154 Å². The molecule has 0 saturated heterocycles. The van der Waals surface area contributed by atoms with Crippen LogP contribution in [0.4, 0.5) is 17.1 Å². The van der Waals surface area contributed by atoms with Crippen LogP contribution < -0.4 is 4.90 Å². The first kappa shape index (κ1) is 39.1. The van der Waals surface area contributed by atoms with E-state index in [0.29, 0.717) is 0 Å². The highest BCUT2D eigenvalue weighted by molar-refractivity contribution is 6.20. The summed E-state index contributed by atoms with van der Waals surface area (Å²) in [5, 5.41) is 2.67. The molecule has 3 aliphatic rings. The third-order valence-electron chi connectivity index (χ3n) is 14.7. The molecule has 0 radical (unpaired) electrons. The summed E-state index contributed by atoms with van der Waals surface area (Å²) in [6.45, 7) is 4.73. The van der Waals surface area contributed by atoms with Crippen LogP contribution in [0.25, 0.3) is 78.1 Å². The van der Waals surface area contributed by atoms with Crippen molar-refractivity contribution in [1.29, 1.82) is 0 Å². The monoisotopic (exact) mass is 853 g/mol. The number of hydrogen-bond donors (Lipinski definition) is 0. The number of allylic oxidation sites excluding steroid dienone is 2. The standard InChI is InChI=1S/C66H47N/c1-66(2)61-31-11-9-28-55(61)56-36-35-53(42-62(56)66)67(63-32-12-10-27-54(63)44-19-7-4-8-20-44)52-26-14-25-48(39-52)46-23-13-24-47(37-46)49-33-34-50-38-51(43-17-5-3-6-18-43)41-60-57-29-15-21-45-22-16-30-58(64(45)57)65(60)59(50)40-49/h3-40,42H,41H2,1-2H3. The summed E-state index contributed by atoms with van der Waals surface area (Å²) in [6, 6.07) is 85.5. The Morgan fingerprint density at radius 1 is 0.373 bits per heavy atom. The summed E-state index contributed by atoms with van der Waals surface area (Å²) in [5.41, 5.74) is 26.4. The van der Waals surface area contributed by atoms with Gasteiger partial charge in [-0.1, -0.05) is 208 Å². The van der Waals surface area contributed by atoms with Gasteiger partial charge in [0.05, 0.1) is 5.69 Å². The molecule has 1 heteroatoms. The second-order valence-corrected chi connectivity index (χ2v) is 18.8. The Morgan fingerprint density at radius 3 is 1.75 bits per heavy atom. The lowest BCUT2D eigenvalue weighted by Crippen LogP contribution is -2.17. The van der Waals surface area contributed by atoms with Crippen LogP contribution in [0.15, 0.2) is 231 Å². The Bertz CT molecular complexity index is 3670. The molecule has 0 N–H and O–H groups in total. The molecule has 0 saturated carbocycles. The van der Waals surface area contributed by atoms with Gasteiger partial charge in [0, 0.05) is 22.4 Å². The molecule has 0 aromatic heterocycles. The molecule has 0 fully saturated rings. The van der Waals surface area contributed by atoms with Crippen LogP contribution in [0.3, 0.4) is 0 Å². The number of nitrogens with zero attached hydrogens (tertiary/aromatic N) is 1. The van der Waals surface area contributed by atoms with Gasteiger partial charge < -0.3 is 4.90 Å². The van der Waals surface area contributed by atoms with Crippen molar-refractivity contribution in [3.63, 3.8) is 0 Å². The predicted molar refractivity (Wildman–Crippen MR) is 284 cm³/mol. The van der Waals surface area contributed by atoms with Crippen molar-refractivity contribution in [3.8, 4) is 44.5 Å². The Hall–Kier alpha value is -8.26. The summed E-state index contributed by atoms with van der Waals surface area (Å²) < 4.78 is 0. The minimum atomic E-state index is -0.127. The number of benzene rings is 10. The minimum absolute atomic E-state index is 0.127. The van der Waals surface area contributed by atoms with Crippen molar-refractivity contribution < 1.29 is 0 Å². The fraction of sp³-hybridized carbons (Fsp3) is 0.0606. The molecule has 3 aliphatic carbocycles. The maximum atomic E-state index is 2.46. The third kappa shape index (κ3) is 6.38. The second-order valence-electron chi connectivity index (χ2n) is 18.8. The average Bonchev–Trinajstić information content (AvgIpc) is 3.74. The quantitative estimate of drug-likeness (QED) is 0.154. The van der Waals surface area contributed by atoms with Crippen LogP contribution in [0.1, 0.15) is 59.2 Å². The number of hydrogen-bond acceptors (Lipinski definition) is 1. The minimum Gasteiger partial charge on any atom is -0.310 e. The van der Waals surface area contributed by atoms with Gasteiger partial charge in [0.1, 0.15) is 0 Å². The lowest BCUT2D eigenvalue weighted by molar-refractivity contribution is 0.660. The highest BCUT2D eigenvalue weighted by Crippen LogP contribution is 2.53. The highest BCUT2D eigenvalue weighted by atomic mass is 15.1. The zero-order valence-corrected chi connectivity index (χ0v) is 37.7. The molecule has 316 valence electrons.